The number of hydrogen-bond donors (Lipinski definition) is 2. The summed E-state index contributed by atoms with van der Waals surface area (Å²) >= 11 is 0. The SMILES string of the molecule is CCC(CC(=O)O)S(=O)(=O)c1ccc(CNC(=O)c2ccc(C)n(-c3cccc(C(F)(F)F)c3)c2=O)cc1. The molecule has 0 radical (unpaired) electrons. The molecular formula is C26H25F3N2O6S. The van der Waals surface area contributed by atoms with E-state index in [9.17, 15) is 36.0 Å². The molecule has 38 heavy (non-hydrogen) atoms. The third-order valence-corrected chi connectivity index (χ3v) is 8.26. The number of aromatic nitrogens is 1. The molecule has 0 saturated carbocycles. The average Bonchev–Trinajstić information content (AvgIpc) is 2.85. The molecule has 0 aliphatic heterocycles. The number of aryl methyl sites for hydroxylation is 1. The quantitative estimate of drug-likeness (QED) is 0.413. The van der Waals surface area contributed by atoms with E-state index in [1.54, 1.807) is 6.92 Å². The van der Waals surface area contributed by atoms with Crippen molar-refractivity contribution < 1.29 is 36.3 Å². The number of rotatable bonds is 9. The minimum Gasteiger partial charge on any atom is -0.481 e. The van der Waals surface area contributed by atoms with Crippen molar-refractivity contribution in [3.63, 3.8) is 0 Å². The minimum absolute atomic E-state index is 0.0398. The summed E-state index contributed by atoms with van der Waals surface area (Å²) in [6, 6.07) is 12.5. The second-order valence-electron chi connectivity index (χ2n) is 8.58. The molecule has 3 rings (SSSR count). The van der Waals surface area contributed by atoms with Crippen LogP contribution in [0.2, 0.25) is 0 Å². The first-order valence-electron chi connectivity index (χ1n) is 11.5. The molecule has 0 aliphatic rings. The number of aliphatic carboxylic acids is 1. The van der Waals surface area contributed by atoms with E-state index in [0.29, 0.717) is 11.3 Å². The molecule has 8 nitrogen and oxygen atoms in total. The first kappa shape index (κ1) is 28.6. The van der Waals surface area contributed by atoms with E-state index in [0.717, 1.165) is 16.7 Å². The Morgan fingerprint density at radius 2 is 1.71 bits per heavy atom. The average molecular weight is 551 g/mol. The van der Waals surface area contributed by atoms with Crippen LogP contribution in [0.25, 0.3) is 5.69 Å². The number of carbonyl (C=O) groups is 2. The maximum atomic E-state index is 13.1. The van der Waals surface area contributed by atoms with Crippen molar-refractivity contribution >= 4 is 21.7 Å². The Morgan fingerprint density at radius 1 is 1.05 bits per heavy atom. The number of nitrogens with zero attached hydrogens (tertiary/aromatic N) is 1. The molecule has 2 N–H and O–H groups in total. The number of carboxylic acids is 1. The number of nitrogens with one attached hydrogen (secondary N) is 1. The zero-order valence-electron chi connectivity index (χ0n) is 20.4. The Kier molecular flexibility index (Phi) is 8.45. The highest BCUT2D eigenvalue weighted by atomic mass is 32.2. The highest BCUT2D eigenvalue weighted by Gasteiger charge is 2.31. The Bertz CT molecular complexity index is 1510. The third kappa shape index (κ3) is 6.31. The Morgan fingerprint density at radius 3 is 2.29 bits per heavy atom. The van der Waals surface area contributed by atoms with Gasteiger partial charge in [0.1, 0.15) is 5.56 Å². The summed E-state index contributed by atoms with van der Waals surface area (Å²) in [5, 5.41) is 10.4. The van der Waals surface area contributed by atoms with Gasteiger partial charge in [0.15, 0.2) is 9.84 Å². The molecule has 12 heteroatoms. The highest BCUT2D eigenvalue weighted by Crippen LogP contribution is 2.30. The molecule has 1 amide bonds. The van der Waals surface area contributed by atoms with Crippen molar-refractivity contribution in [1.29, 1.82) is 0 Å². The van der Waals surface area contributed by atoms with Crippen LogP contribution in [0.5, 0.6) is 0 Å². The van der Waals surface area contributed by atoms with Gasteiger partial charge in [-0.05, 0) is 61.4 Å². The van der Waals surface area contributed by atoms with Gasteiger partial charge in [-0.1, -0.05) is 25.1 Å². The largest absolute Gasteiger partial charge is 0.481 e. The van der Waals surface area contributed by atoms with Gasteiger partial charge in [0.05, 0.1) is 22.1 Å². The molecule has 0 fully saturated rings. The number of carbonyl (C=O) groups excluding carboxylic acids is 1. The van der Waals surface area contributed by atoms with Crippen molar-refractivity contribution in [2.24, 2.45) is 0 Å². The predicted octanol–water partition coefficient (Wildman–Crippen LogP) is 4.12. The lowest BCUT2D eigenvalue weighted by Crippen LogP contribution is -2.33. The fourth-order valence-electron chi connectivity index (χ4n) is 3.88. The summed E-state index contributed by atoms with van der Waals surface area (Å²) in [5.41, 5.74) is -1.22. The molecule has 0 spiro atoms. The fraction of sp³-hybridized carbons (Fsp3) is 0.269. The topological polar surface area (TPSA) is 123 Å². The van der Waals surface area contributed by atoms with Crippen LogP contribution >= 0.6 is 0 Å². The van der Waals surface area contributed by atoms with Crippen LogP contribution in [-0.2, 0) is 27.4 Å². The van der Waals surface area contributed by atoms with Crippen molar-refractivity contribution in [3.8, 4) is 5.69 Å². The molecule has 1 aromatic heterocycles. The zero-order chi connectivity index (χ0) is 28.3. The first-order valence-corrected chi connectivity index (χ1v) is 13.0. The van der Waals surface area contributed by atoms with Gasteiger partial charge in [-0.25, -0.2) is 8.42 Å². The van der Waals surface area contributed by atoms with E-state index in [1.807, 2.05) is 0 Å². The molecule has 0 bridgehead atoms. The van der Waals surface area contributed by atoms with Gasteiger partial charge in [0, 0.05) is 17.9 Å². The number of sulfone groups is 1. The van der Waals surface area contributed by atoms with Crippen LogP contribution in [0, 0.1) is 6.92 Å². The van der Waals surface area contributed by atoms with Crippen molar-refractivity contribution in [1.82, 2.24) is 9.88 Å². The van der Waals surface area contributed by atoms with Crippen molar-refractivity contribution in [2.45, 2.75) is 49.6 Å². The summed E-state index contributed by atoms with van der Waals surface area (Å²) in [6.07, 6.45) is -5.00. The molecule has 1 heterocycles. The summed E-state index contributed by atoms with van der Waals surface area (Å²) in [5.74, 6) is -1.98. The number of benzene rings is 2. The third-order valence-electron chi connectivity index (χ3n) is 5.96. The predicted molar refractivity (Wildman–Crippen MR) is 133 cm³/mol. The molecule has 202 valence electrons. The first-order chi connectivity index (χ1) is 17.8. The summed E-state index contributed by atoms with van der Waals surface area (Å²) in [7, 11) is -3.87. The second-order valence-corrected chi connectivity index (χ2v) is 10.8. The van der Waals surface area contributed by atoms with E-state index in [2.05, 4.69) is 5.32 Å². The van der Waals surface area contributed by atoms with Crippen LogP contribution in [0.3, 0.4) is 0 Å². The number of hydrogen-bond acceptors (Lipinski definition) is 5. The van der Waals surface area contributed by atoms with Gasteiger partial charge in [-0.2, -0.15) is 13.2 Å². The second kappa shape index (κ2) is 11.2. The smallest absolute Gasteiger partial charge is 0.416 e. The van der Waals surface area contributed by atoms with Gasteiger partial charge in [-0.3, -0.25) is 19.0 Å². The van der Waals surface area contributed by atoms with Gasteiger partial charge >= 0.3 is 12.1 Å². The van der Waals surface area contributed by atoms with Crippen LogP contribution < -0.4 is 10.9 Å². The molecule has 2 aromatic carbocycles. The van der Waals surface area contributed by atoms with Gasteiger partial charge in [0.25, 0.3) is 11.5 Å². The van der Waals surface area contributed by atoms with Crippen LogP contribution in [0.1, 0.15) is 46.9 Å². The lowest BCUT2D eigenvalue weighted by Gasteiger charge is -2.15. The van der Waals surface area contributed by atoms with Gasteiger partial charge in [0.2, 0.25) is 0 Å². The Labute approximate surface area is 216 Å². The summed E-state index contributed by atoms with van der Waals surface area (Å²) in [4.78, 5) is 36.7. The normalized spacial score (nSPS) is 12.7. The summed E-state index contributed by atoms with van der Waals surface area (Å²) < 4.78 is 65.9. The molecular weight excluding hydrogens is 525 g/mol. The molecule has 1 unspecified atom stereocenters. The standard InChI is InChI=1S/C26H25F3N2O6S/c1-3-20(14-23(32)33)38(36,37)21-10-8-17(9-11-21)15-30-24(34)22-12-7-16(2)31(25(22)35)19-6-4-5-18(13-19)26(27,28)29/h4-13,20H,3,14-15H2,1-2H3,(H,30,34)(H,32,33). The number of carboxylic acid groups (broad SMARTS) is 1. The molecule has 0 saturated heterocycles. The Hall–Kier alpha value is -3.93. The van der Waals surface area contributed by atoms with E-state index in [-0.39, 0.29) is 29.1 Å². The van der Waals surface area contributed by atoms with Crippen molar-refractivity contribution in [2.75, 3.05) is 0 Å². The van der Waals surface area contributed by atoms with Gasteiger partial charge < -0.3 is 10.4 Å². The fourth-order valence-corrected chi connectivity index (χ4v) is 5.58. The number of pyridine rings is 1. The molecule has 1 atom stereocenters. The number of alkyl halides is 3. The monoisotopic (exact) mass is 550 g/mol. The summed E-state index contributed by atoms with van der Waals surface area (Å²) in [6.45, 7) is 3.04. The van der Waals surface area contributed by atoms with Crippen LogP contribution in [0.4, 0.5) is 13.2 Å². The molecule has 3 aromatic rings. The van der Waals surface area contributed by atoms with Crippen molar-refractivity contribution in [3.05, 3.63) is 93.4 Å². The van der Waals surface area contributed by atoms with E-state index in [1.165, 1.54) is 55.5 Å². The zero-order valence-corrected chi connectivity index (χ0v) is 21.3. The lowest BCUT2D eigenvalue weighted by molar-refractivity contribution is -0.138. The maximum Gasteiger partial charge on any atom is 0.416 e. The minimum atomic E-state index is -4.61. The van der Waals surface area contributed by atoms with E-state index >= 15 is 0 Å². The number of halogens is 3. The lowest BCUT2D eigenvalue weighted by atomic mass is 10.1. The van der Waals surface area contributed by atoms with Crippen LogP contribution in [-0.4, -0.2) is 35.2 Å². The van der Waals surface area contributed by atoms with E-state index < -0.39 is 50.7 Å². The number of amides is 1. The van der Waals surface area contributed by atoms with Gasteiger partial charge in [-0.15, -0.1) is 0 Å². The van der Waals surface area contributed by atoms with E-state index in [4.69, 9.17) is 5.11 Å². The van der Waals surface area contributed by atoms with Crippen LogP contribution in [0.15, 0.2) is 70.4 Å². The maximum absolute atomic E-state index is 13.1. The Balaban J connectivity index is 1.80. The molecule has 0 aliphatic carbocycles. The highest BCUT2D eigenvalue weighted by molar-refractivity contribution is 7.92.